The maximum absolute atomic E-state index is 12.4. The Morgan fingerprint density at radius 2 is 1.88 bits per heavy atom. The Kier molecular flexibility index (Phi) is 5.18. The van der Waals surface area contributed by atoms with Gasteiger partial charge in [0.05, 0.1) is 17.8 Å². The minimum atomic E-state index is -0.541. The summed E-state index contributed by atoms with van der Waals surface area (Å²) < 4.78 is 5.73. The number of benzene rings is 1. The van der Waals surface area contributed by atoms with Crippen LogP contribution in [0.4, 0.5) is 11.5 Å². The fourth-order valence-electron chi connectivity index (χ4n) is 3.03. The molecule has 0 saturated carbocycles. The van der Waals surface area contributed by atoms with Crippen molar-refractivity contribution in [3.8, 4) is 0 Å². The molecular formula is C19H22N4O3. The van der Waals surface area contributed by atoms with Crippen molar-refractivity contribution in [2.45, 2.75) is 26.1 Å². The van der Waals surface area contributed by atoms with Crippen LogP contribution >= 0.6 is 0 Å². The average molecular weight is 354 g/mol. The number of aromatic nitrogens is 1. The molecule has 0 radical (unpaired) electrons. The predicted molar refractivity (Wildman–Crippen MR) is 99.4 cm³/mol. The van der Waals surface area contributed by atoms with Crippen molar-refractivity contribution in [1.82, 2.24) is 4.98 Å². The number of nitrogens with two attached hydrogens (primary N) is 1. The van der Waals surface area contributed by atoms with Crippen molar-refractivity contribution < 1.29 is 14.3 Å². The third kappa shape index (κ3) is 4.18. The monoisotopic (exact) mass is 354 g/mol. The van der Waals surface area contributed by atoms with Gasteiger partial charge in [0.15, 0.2) is 0 Å². The Morgan fingerprint density at radius 3 is 2.50 bits per heavy atom. The Bertz CT molecular complexity index is 797. The summed E-state index contributed by atoms with van der Waals surface area (Å²) in [6.45, 7) is 5.60. The molecule has 1 aliphatic heterocycles. The molecular weight excluding hydrogens is 332 g/mol. The fourth-order valence-corrected chi connectivity index (χ4v) is 3.03. The van der Waals surface area contributed by atoms with Gasteiger partial charge in [0.1, 0.15) is 5.82 Å². The zero-order chi connectivity index (χ0) is 18.7. The van der Waals surface area contributed by atoms with Crippen LogP contribution < -0.4 is 16.0 Å². The molecule has 1 aromatic heterocycles. The Hall–Kier alpha value is -2.93. The minimum absolute atomic E-state index is 0.140. The first-order valence-electron chi connectivity index (χ1n) is 8.50. The lowest BCUT2D eigenvalue weighted by Gasteiger charge is -2.36. The smallest absolute Gasteiger partial charge is 0.257 e. The summed E-state index contributed by atoms with van der Waals surface area (Å²) in [4.78, 5) is 30.2. The first kappa shape index (κ1) is 17.9. The van der Waals surface area contributed by atoms with Gasteiger partial charge in [0.2, 0.25) is 5.91 Å². The molecule has 3 N–H and O–H groups in total. The molecule has 136 valence electrons. The van der Waals surface area contributed by atoms with E-state index in [9.17, 15) is 9.59 Å². The fraction of sp³-hybridized carbons (Fsp3) is 0.316. The van der Waals surface area contributed by atoms with E-state index in [1.807, 2.05) is 19.9 Å². The van der Waals surface area contributed by atoms with E-state index >= 15 is 0 Å². The zero-order valence-corrected chi connectivity index (χ0v) is 14.8. The first-order chi connectivity index (χ1) is 12.4. The van der Waals surface area contributed by atoms with Gasteiger partial charge in [-0.25, -0.2) is 4.98 Å². The van der Waals surface area contributed by atoms with E-state index in [1.54, 1.807) is 36.5 Å². The van der Waals surface area contributed by atoms with E-state index < -0.39 is 5.91 Å². The van der Waals surface area contributed by atoms with E-state index in [0.29, 0.717) is 16.8 Å². The average Bonchev–Trinajstić information content (AvgIpc) is 2.61. The standard InChI is InChI=1S/C19H22N4O3/c1-12-10-23(11-13(2)26-12)17-7-6-15(9-21-17)19(25)22-16-5-3-4-14(8-16)18(20)24/h3-9,12-13H,10-11H2,1-2H3,(H2,20,24)(H,22,25). The lowest BCUT2D eigenvalue weighted by atomic mass is 10.2. The van der Waals surface area contributed by atoms with E-state index in [-0.39, 0.29) is 18.1 Å². The van der Waals surface area contributed by atoms with Crippen LogP contribution in [0.2, 0.25) is 0 Å². The van der Waals surface area contributed by atoms with E-state index in [1.165, 1.54) is 0 Å². The number of carbonyl (C=O) groups is 2. The highest BCUT2D eigenvalue weighted by Crippen LogP contribution is 2.19. The van der Waals surface area contributed by atoms with Crippen LogP contribution in [-0.4, -0.2) is 42.1 Å². The SMILES string of the molecule is CC1CN(c2ccc(C(=O)Nc3cccc(C(N)=O)c3)cn2)CC(C)O1. The summed E-state index contributed by atoms with van der Waals surface area (Å²) in [6, 6.07) is 10.1. The molecule has 7 heteroatoms. The molecule has 2 amide bonds. The second kappa shape index (κ2) is 7.53. The summed E-state index contributed by atoms with van der Waals surface area (Å²) in [5.41, 5.74) is 6.54. The van der Waals surface area contributed by atoms with Crippen LogP contribution in [0, 0.1) is 0 Å². The van der Waals surface area contributed by atoms with Gasteiger partial charge in [-0.1, -0.05) is 6.07 Å². The highest BCUT2D eigenvalue weighted by atomic mass is 16.5. The number of amides is 2. The molecule has 0 aliphatic carbocycles. The van der Waals surface area contributed by atoms with Crippen LogP contribution in [0.1, 0.15) is 34.6 Å². The summed E-state index contributed by atoms with van der Waals surface area (Å²) >= 11 is 0. The van der Waals surface area contributed by atoms with Gasteiger partial charge in [-0.2, -0.15) is 0 Å². The van der Waals surface area contributed by atoms with Crippen LogP contribution in [0.15, 0.2) is 42.6 Å². The second-order valence-electron chi connectivity index (χ2n) is 6.47. The van der Waals surface area contributed by atoms with Crippen molar-refractivity contribution >= 4 is 23.3 Å². The lowest BCUT2D eigenvalue weighted by molar-refractivity contribution is -0.00546. The van der Waals surface area contributed by atoms with Gasteiger partial charge in [-0.3, -0.25) is 9.59 Å². The number of carbonyl (C=O) groups excluding carboxylic acids is 2. The van der Waals surface area contributed by atoms with E-state index in [2.05, 4.69) is 15.2 Å². The van der Waals surface area contributed by atoms with Gasteiger partial charge in [0, 0.05) is 30.5 Å². The molecule has 0 bridgehead atoms. The Balaban J connectivity index is 1.69. The molecule has 7 nitrogen and oxygen atoms in total. The molecule has 26 heavy (non-hydrogen) atoms. The molecule has 1 aliphatic rings. The minimum Gasteiger partial charge on any atom is -0.372 e. The molecule has 2 heterocycles. The van der Waals surface area contributed by atoms with E-state index in [4.69, 9.17) is 10.5 Å². The highest BCUT2D eigenvalue weighted by Gasteiger charge is 2.23. The number of primary amides is 1. The van der Waals surface area contributed by atoms with Crippen molar-refractivity contribution in [2.75, 3.05) is 23.3 Å². The number of anilines is 2. The molecule has 2 unspecified atom stereocenters. The summed E-state index contributed by atoms with van der Waals surface area (Å²) in [5.74, 6) is -0.0188. The molecule has 0 spiro atoms. The molecule has 1 saturated heterocycles. The normalized spacial score (nSPS) is 19.8. The van der Waals surface area contributed by atoms with Crippen LogP contribution in [0.25, 0.3) is 0 Å². The van der Waals surface area contributed by atoms with Crippen molar-refractivity contribution in [3.05, 3.63) is 53.7 Å². The van der Waals surface area contributed by atoms with Gasteiger partial charge < -0.3 is 20.7 Å². The number of hydrogen-bond donors (Lipinski definition) is 2. The number of pyridine rings is 1. The topological polar surface area (TPSA) is 97.6 Å². The molecule has 1 aromatic carbocycles. The molecule has 3 rings (SSSR count). The van der Waals surface area contributed by atoms with Gasteiger partial charge in [-0.15, -0.1) is 0 Å². The van der Waals surface area contributed by atoms with Crippen LogP contribution in [-0.2, 0) is 4.74 Å². The number of hydrogen-bond acceptors (Lipinski definition) is 5. The summed E-state index contributed by atoms with van der Waals surface area (Å²) in [7, 11) is 0. The lowest BCUT2D eigenvalue weighted by Crippen LogP contribution is -2.45. The maximum atomic E-state index is 12.4. The Morgan fingerprint density at radius 1 is 1.15 bits per heavy atom. The number of nitrogens with one attached hydrogen (secondary N) is 1. The first-order valence-corrected chi connectivity index (χ1v) is 8.50. The van der Waals surface area contributed by atoms with Crippen LogP contribution in [0.5, 0.6) is 0 Å². The van der Waals surface area contributed by atoms with Crippen molar-refractivity contribution in [1.29, 1.82) is 0 Å². The van der Waals surface area contributed by atoms with Gasteiger partial charge in [-0.05, 0) is 44.2 Å². The Labute approximate surface area is 152 Å². The summed E-state index contributed by atoms with van der Waals surface area (Å²) in [6.07, 6.45) is 1.83. The number of ether oxygens (including phenoxy) is 1. The van der Waals surface area contributed by atoms with Gasteiger partial charge in [0.25, 0.3) is 5.91 Å². The van der Waals surface area contributed by atoms with E-state index in [0.717, 1.165) is 18.9 Å². The third-order valence-corrected chi connectivity index (χ3v) is 4.16. The quantitative estimate of drug-likeness (QED) is 0.876. The predicted octanol–water partition coefficient (Wildman–Crippen LogP) is 2.05. The highest BCUT2D eigenvalue weighted by molar-refractivity contribution is 6.05. The number of nitrogens with zero attached hydrogens (tertiary/aromatic N) is 2. The zero-order valence-electron chi connectivity index (χ0n) is 14.8. The maximum Gasteiger partial charge on any atom is 0.257 e. The second-order valence-corrected chi connectivity index (χ2v) is 6.47. The molecule has 1 fully saturated rings. The van der Waals surface area contributed by atoms with Crippen LogP contribution in [0.3, 0.4) is 0 Å². The van der Waals surface area contributed by atoms with Gasteiger partial charge >= 0.3 is 0 Å². The van der Waals surface area contributed by atoms with Crippen molar-refractivity contribution in [2.24, 2.45) is 5.73 Å². The number of rotatable bonds is 4. The number of morpholine rings is 1. The summed E-state index contributed by atoms with van der Waals surface area (Å²) in [5, 5.41) is 2.75. The molecule has 2 aromatic rings. The van der Waals surface area contributed by atoms with Crippen molar-refractivity contribution in [3.63, 3.8) is 0 Å². The molecule has 2 atom stereocenters. The third-order valence-electron chi connectivity index (χ3n) is 4.16. The largest absolute Gasteiger partial charge is 0.372 e.